The molecule has 1 saturated heterocycles. The first-order valence-corrected chi connectivity index (χ1v) is 8.17. The van der Waals surface area contributed by atoms with E-state index in [-0.39, 0.29) is 11.9 Å². The molecule has 3 rings (SSSR count). The number of hydrogen-bond acceptors (Lipinski definition) is 4. The summed E-state index contributed by atoms with van der Waals surface area (Å²) in [6.45, 7) is 4.39. The quantitative estimate of drug-likeness (QED) is 0.904. The Labute approximate surface area is 136 Å². The molecule has 6 nitrogen and oxygen atoms in total. The summed E-state index contributed by atoms with van der Waals surface area (Å²) in [4.78, 5) is 19.4. The largest absolute Gasteiger partial charge is 0.330 e. The fraction of sp³-hybridized carbons (Fsp3) is 0.471. The summed E-state index contributed by atoms with van der Waals surface area (Å²) in [7, 11) is 0. The van der Waals surface area contributed by atoms with E-state index in [2.05, 4.69) is 20.5 Å². The van der Waals surface area contributed by atoms with E-state index in [1.54, 1.807) is 12.4 Å². The maximum absolute atomic E-state index is 13.1. The molecule has 1 aliphatic heterocycles. The fourth-order valence-corrected chi connectivity index (χ4v) is 3.07. The van der Waals surface area contributed by atoms with Gasteiger partial charge in [0, 0.05) is 17.9 Å². The van der Waals surface area contributed by atoms with E-state index < -0.39 is 0 Å². The average molecular weight is 313 g/mol. The van der Waals surface area contributed by atoms with E-state index in [9.17, 15) is 4.79 Å². The number of aromatic amines is 1. The zero-order valence-electron chi connectivity index (χ0n) is 13.5. The molecule has 0 bridgehead atoms. The van der Waals surface area contributed by atoms with Crippen LogP contribution in [0.3, 0.4) is 0 Å². The van der Waals surface area contributed by atoms with Crippen LogP contribution in [0.4, 0.5) is 0 Å². The van der Waals surface area contributed by atoms with E-state index in [0.29, 0.717) is 12.1 Å². The Hall–Kier alpha value is -2.21. The Morgan fingerprint density at radius 2 is 2.26 bits per heavy atom. The van der Waals surface area contributed by atoms with Crippen molar-refractivity contribution >= 4 is 5.91 Å². The molecule has 0 saturated carbocycles. The molecule has 0 radical (unpaired) electrons. The number of nitrogens with zero attached hydrogens (tertiary/aromatic N) is 3. The van der Waals surface area contributed by atoms with Gasteiger partial charge >= 0.3 is 0 Å². The Bertz CT molecular complexity index is 631. The third-order valence-electron chi connectivity index (χ3n) is 4.37. The van der Waals surface area contributed by atoms with Gasteiger partial charge in [0.1, 0.15) is 0 Å². The minimum Gasteiger partial charge on any atom is -0.330 e. The minimum atomic E-state index is 0.0359. The summed E-state index contributed by atoms with van der Waals surface area (Å²) in [5.41, 5.74) is 2.38. The topological polar surface area (TPSA) is 73.9 Å². The van der Waals surface area contributed by atoms with E-state index in [1.165, 1.54) is 0 Å². The van der Waals surface area contributed by atoms with Crippen LogP contribution in [0.15, 0.2) is 30.6 Å². The van der Waals surface area contributed by atoms with Gasteiger partial charge in [0.15, 0.2) is 0 Å². The lowest BCUT2D eigenvalue weighted by Gasteiger charge is -2.31. The van der Waals surface area contributed by atoms with Crippen LogP contribution >= 0.6 is 0 Å². The number of pyridine rings is 1. The van der Waals surface area contributed by atoms with E-state index in [1.807, 2.05) is 30.0 Å². The summed E-state index contributed by atoms with van der Waals surface area (Å²) in [5.74, 6) is 0.0359. The van der Waals surface area contributed by atoms with Gasteiger partial charge < -0.3 is 10.2 Å². The Kier molecular flexibility index (Phi) is 5.02. The van der Waals surface area contributed by atoms with Crippen LogP contribution in [0.5, 0.6) is 0 Å². The maximum Gasteiger partial charge on any atom is 0.257 e. The van der Waals surface area contributed by atoms with Crippen LogP contribution in [0, 0.1) is 6.92 Å². The van der Waals surface area contributed by atoms with Crippen LogP contribution in [-0.4, -0.2) is 45.1 Å². The van der Waals surface area contributed by atoms with Gasteiger partial charge in [0.25, 0.3) is 5.91 Å². The van der Waals surface area contributed by atoms with Crippen LogP contribution < -0.4 is 5.32 Å². The number of carbonyl (C=O) groups is 1. The maximum atomic E-state index is 13.1. The van der Waals surface area contributed by atoms with Crippen LogP contribution in [0.2, 0.25) is 0 Å². The number of aryl methyl sites for hydroxylation is 1. The molecule has 23 heavy (non-hydrogen) atoms. The predicted molar refractivity (Wildman–Crippen MR) is 87.9 cm³/mol. The zero-order chi connectivity index (χ0) is 16.1. The van der Waals surface area contributed by atoms with Gasteiger partial charge in [0.05, 0.1) is 24.0 Å². The molecule has 0 aliphatic carbocycles. The molecule has 0 unspecified atom stereocenters. The summed E-state index contributed by atoms with van der Waals surface area (Å²) >= 11 is 0. The van der Waals surface area contributed by atoms with Gasteiger partial charge in [-0.1, -0.05) is 6.07 Å². The zero-order valence-corrected chi connectivity index (χ0v) is 13.5. The second kappa shape index (κ2) is 7.37. The number of amides is 1. The average Bonchev–Trinajstić information content (AvgIpc) is 2.84. The Morgan fingerprint density at radius 1 is 1.35 bits per heavy atom. The fourth-order valence-electron chi connectivity index (χ4n) is 3.07. The van der Waals surface area contributed by atoms with Crippen molar-refractivity contribution in [1.29, 1.82) is 0 Å². The van der Waals surface area contributed by atoms with Crippen molar-refractivity contribution in [3.05, 3.63) is 47.5 Å². The standard InChI is InChI=1S/C17H23N5O/c1-13-16(11-20-21-13)17(23)22(12-14-5-2-3-9-19-14)15-6-4-8-18-10-7-15/h2-3,5,9,11,15,18H,4,6-8,10,12H2,1H3,(H,20,21)/t15-/m0/s1. The monoisotopic (exact) mass is 313 g/mol. The molecule has 3 heterocycles. The second-order valence-electron chi connectivity index (χ2n) is 6.00. The van der Waals surface area contributed by atoms with Crippen molar-refractivity contribution < 1.29 is 4.79 Å². The van der Waals surface area contributed by atoms with Crippen molar-refractivity contribution in [3.63, 3.8) is 0 Å². The van der Waals surface area contributed by atoms with E-state index in [0.717, 1.165) is 43.7 Å². The highest BCUT2D eigenvalue weighted by Gasteiger charge is 2.27. The van der Waals surface area contributed by atoms with Crippen molar-refractivity contribution in [2.24, 2.45) is 0 Å². The van der Waals surface area contributed by atoms with Gasteiger partial charge in [-0.05, 0) is 51.4 Å². The van der Waals surface area contributed by atoms with Gasteiger partial charge in [0.2, 0.25) is 0 Å². The van der Waals surface area contributed by atoms with Crippen molar-refractivity contribution in [3.8, 4) is 0 Å². The molecule has 2 aromatic heterocycles. The van der Waals surface area contributed by atoms with Crippen LogP contribution in [0.25, 0.3) is 0 Å². The lowest BCUT2D eigenvalue weighted by molar-refractivity contribution is 0.0641. The number of H-pyrrole nitrogens is 1. The van der Waals surface area contributed by atoms with Gasteiger partial charge in [-0.3, -0.25) is 14.9 Å². The molecular weight excluding hydrogens is 290 g/mol. The normalized spacial score (nSPS) is 18.4. The third kappa shape index (κ3) is 3.76. The summed E-state index contributed by atoms with van der Waals surface area (Å²) in [6, 6.07) is 6.06. The first-order valence-electron chi connectivity index (χ1n) is 8.17. The second-order valence-corrected chi connectivity index (χ2v) is 6.00. The van der Waals surface area contributed by atoms with Gasteiger partial charge in [-0.15, -0.1) is 0 Å². The van der Waals surface area contributed by atoms with Gasteiger partial charge in [-0.2, -0.15) is 5.10 Å². The lowest BCUT2D eigenvalue weighted by Crippen LogP contribution is -2.40. The molecule has 0 aromatic carbocycles. The van der Waals surface area contributed by atoms with E-state index >= 15 is 0 Å². The van der Waals surface area contributed by atoms with Crippen molar-refractivity contribution in [1.82, 2.24) is 25.4 Å². The third-order valence-corrected chi connectivity index (χ3v) is 4.37. The molecular formula is C17H23N5O. The Balaban J connectivity index is 1.86. The summed E-state index contributed by atoms with van der Waals surface area (Å²) in [5, 5.41) is 10.3. The first kappa shape index (κ1) is 15.7. The lowest BCUT2D eigenvalue weighted by atomic mass is 10.1. The molecule has 6 heteroatoms. The number of rotatable bonds is 4. The number of hydrogen-bond donors (Lipinski definition) is 2. The molecule has 122 valence electrons. The van der Waals surface area contributed by atoms with E-state index in [4.69, 9.17) is 0 Å². The smallest absolute Gasteiger partial charge is 0.257 e. The number of nitrogens with one attached hydrogen (secondary N) is 2. The predicted octanol–water partition coefficient (Wildman–Crippen LogP) is 1.90. The number of carbonyl (C=O) groups excluding carboxylic acids is 1. The van der Waals surface area contributed by atoms with Crippen molar-refractivity contribution in [2.45, 2.75) is 38.8 Å². The molecule has 1 atom stereocenters. The van der Waals surface area contributed by atoms with Gasteiger partial charge in [-0.25, -0.2) is 0 Å². The number of aromatic nitrogens is 3. The SMILES string of the molecule is Cc1[nH]ncc1C(=O)N(Cc1ccccn1)[C@H]1CCCNCC1. The molecule has 0 spiro atoms. The first-order chi connectivity index (χ1) is 11.3. The molecule has 1 aliphatic rings. The van der Waals surface area contributed by atoms with Crippen LogP contribution in [-0.2, 0) is 6.54 Å². The van der Waals surface area contributed by atoms with Crippen molar-refractivity contribution in [2.75, 3.05) is 13.1 Å². The highest BCUT2D eigenvalue weighted by atomic mass is 16.2. The highest BCUT2D eigenvalue weighted by molar-refractivity contribution is 5.95. The summed E-state index contributed by atoms with van der Waals surface area (Å²) < 4.78 is 0. The summed E-state index contributed by atoms with van der Waals surface area (Å²) in [6.07, 6.45) is 6.47. The molecule has 2 aromatic rings. The molecule has 2 N–H and O–H groups in total. The highest BCUT2D eigenvalue weighted by Crippen LogP contribution is 2.20. The Morgan fingerprint density at radius 3 is 3.00 bits per heavy atom. The molecule has 1 fully saturated rings. The molecule has 1 amide bonds. The van der Waals surface area contributed by atoms with Crippen LogP contribution in [0.1, 0.15) is 41.0 Å². The minimum absolute atomic E-state index is 0.0359.